The molecule has 29 heavy (non-hydrogen) atoms. The number of ether oxygens (including phenoxy) is 1. The Morgan fingerprint density at radius 3 is 2.24 bits per heavy atom. The van der Waals surface area contributed by atoms with Crippen molar-refractivity contribution in [3.05, 3.63) is 71.4 Å². The molecule has 2 N–H and O–H groups in total. The van der Waals surface area contributed by atoms with E-state index in [1.165, 1.54) is 0 Å². The van der Waals surface area contributed by atoms with E-state index < -0.39 is 5.92 Å². The van der Waals surface area contributed by atoms with E-state index in [0.29, 0.717) is 24.0 Å². The number of benzene rings is 2. The average Bonchev–Trinajstić information content (AvgIpc) is 3.11. The van der Waals surface area contributed by atoms with Crippen LogP contribution in [0.2, 0.25) is 0 Å². The van der Waals surface area contributed by atoms with Gasteiger partial charge in [-0.2, -0.15) is 0 Å². The molecule has 2 aromatic rings. The second-order valence-electron chi connectivity index (χ2n) is 8.27. The molecule has 0 spiro atoms. The minimum absolute atomic E-state index is 0.104. The molecular formula is C24H28N2O3. The second-order valence-corrected chi connectivity index (χ2v) is 8.27. The number of nitrogens with one attached hydrogen (secondary N) is 2. The summed E-state index contributed by atoms with van der Waals surface area (Å²) in [4.78, 5) is 26.3. The number of methoxy groups -OCH3 is 1. The van der Waals surface area contributed by atoms with Gasteiger partial charge in [0.15, 0.2) is 5.78 Å². The van der Waals surface area contributed by atoms with Gasteiger partial charge in [0.05, 0.1) is 13.0 Å². The lowest BCUT2D eigenvalue weighted by atomic mass is 9.92. The summed E-state index contributed by atoms with van der Waals surface area (Å²) in [5.74, 6) is 0.0816. The fraction of sp³-hybridized carbons (Fsp3) is 0.333. The zero-order valence-electron chi connectivity index (χ0n) is 17.4. The second kappa shape index (κ2) is 8.52. The number of carbonyl (C=O) groups excluding carboxylic acids is 2. The van der Waals surface area contributed by atoms with Crippen molar-refractivity contribution in [2.45, 2.75) is 39.2 Å². The zero-order valence-corrected chi connectivity index (χ0v) is 17.4. The van der Waals surface area contributed by atoms with Gasteiger partial charge in [-0.3, -0.25) is 9.59 Å². The van der Waals surface area contributed by atoms with Gasteiger partial charge in [-0.25, -0.2) is 0 Å². The smallest absolute Gasteiger partial charge is 0.228 e. The lowest BCUT2D eigenvalue weighted by Crippen LogP contribution is -2.44. The van der Waals surface area contributed by atoms with E-state index in [1.54, 1.807) is 19.2 Å². The Hall–Kier alpha value is -3.08. The Labute approximate surface area is 172 Å². The normalized spacial score (nSPS) is 16.5. The molecule has 0 aliphatic heterocycles. The Bertz CT molecular complexity index is 909. The Morgan fingerprint density at radius 2 is 1.66 bits per heavy atom. The van der Waals surface area contributed by atoms with E-state index in [-0.39, 0.29) is 17.2 Å². The Balaban J connectivity index is 1.95. The van der Waals surface area contributed by atoms with Crippen molar-refractivity contribution >= 4 is 17.4 Å². The fourth-order valence-corrected chi connectivity index (χ4v) is 3.52. The molecule has 152 valence electrons. The molecule has 0 bridgehead atoms. The summed E-state index contributed by atoms with van der Waals surface area (Å²) in [7, 11) is 1.62. The number of amides is 1. The van der Waals surface area contributed by atoms with E-state index in [0.717, 1.165) is 17.1 Å². The van der Waals surface area contributed by atoms with Crippen LogP contribution in [0.5, 0.6) is 5.75 Å². The van der Waals surface area contributed by atoms with E-state index in [9.17, 15) is 9.59 Å². The maximum Gasteiger partial charge on any atom is 0.228 e. The van der Waals surface area contributed by atoms with Crippen molar-refractivity contribution in [1.82, 2.24) is 5.32 Å². The molecule has 0 aromatic heterocycles. The first-order valence-electron chi connectivity index (χ1n) is 9.84. The predicted molar refractivity (Wildman–Crippen MR) is 115 cm³/mol. The summed E-state index contributed by atoms with van der Waals surface area (Å²) < 4.78 is 5.20. The zero-order chi connectivity index (χ0) is 21.0. The van der Waals surface area contributed by atoms with Crippen LogP contribution in [0.25, 0.3) is 0 Å². The van der Waals surface area contributed by atoms with Crippen molar-refractivity contribution < 1.29 is 14.3 Å². The van der Waals surface area contributed by atoms with Crippen molar-refractivity contribution in [2.24, 2.45) is 5.92 Å². The van der Waals surface area contributed by atoms with Crippen LogP contribution in [0.15, 0.2) is 65.9 Å². The maximum atomic E-state index is 13.3. The highest BCUT2D eigenvalue weighted by atomic mass is 16.5. The number of anilines is 1. The molecule has 1 aliphatic rings. The van der Waals surface area contributed by atoms with Crippen LogP contribution in [0, 0.1) is 5.92 Å². The SMILES string of the molecule is COc1ccc(NC2=C(C(=O)c3ccccc3)C(C(=O)NC(C)(C)C)CC2)cc1. The van der Waals surface area contributed by atoms with Crippen molar-refractivity contribution in [3.8, 4) is 5.75 Å². The minimum Gasteiger partial charge on any atom is -0.497 e. The van der Waals surface area contributed by atoms with E-state index in [1.807, 2.05) is 63.2 Å². The van der Waals surface area contributed by atoms with E-state index in [4.69, 9.17) is 4.74 Å². The van der Waals surface area contributed by atoms with Crippen molar-refractivity contribution in [2.75, 3.05) is 12.4 Å². The van der Waals surface area contributed by atoms with Crippen molar-refractivity contribution in [3.63, 3.8) is 0 Å². The third-order valence-electron chi connectivity index (χ3n) is 4.84. The van der Waals surface area contributed by atoms with Crippen LogP contribution in [0.3, 0.4) is 0 Å². The average molecular weight is 392 g/mol. The van der Waals surface area contributed by atoms with Crippen molar-refractivity contribution in [1.29, 1.82) is 0 Å². The predicted octanol–water partition coefficient (Wildman–Crippen LogP) is 4.57. The van der Waals surface area contributed by atoms with Gasteiger partial charge in [-0.1, -0.05) is 30.3 Å². The molecule has 0 heterocycles. The first kappa shape index (κ1) is 20.6. The largest absolute Gasteiger partial charge is 0.497 e. The van der Waals surface area contributed by atoms with Gasteiger partial charge in [-0.15, -0.1) is 0 Å². The summed E-state index contributed by atoms with van der Waals surface area (Å²) in [5, 5.41) is 6.39. The number of rotatable bonds is 6. The molecule has 1 amide bonds. The van der Waals surface area contributed by atoms with E-state index >= 15 is 0 Å². The molecule has 5 nitrogen and oxygen atoms in total. The highest BCUT2D eigenvalue weighted by Gasteiger charge is 2.37. The number of hydrogen-bond acceptors (Lipinski definition) is 4. The summed E-state index contributed by atoms with van der Waals surface area (Å²) in [5.41, 5.74) is 2.44. The molecule has 5 heteroatoms. The number of Topliss-reactive ketones (excluding diaryl/α,β-unsaturated/α-hetero) is 1. The fourth-order valence-electron chi connectivity index (χ4n) is 3.52. The van der Waals surface area contributed by atoms with E-state index in [2.05, 4.69) is 10.6 Å². The molecule has 0 saturated heterocycles. The third kappa shape index (κ3) is 5.05. The van der Waals surface area contributed by atoms with Crippen LogP contribution < -0.4 is 15.4 Å². The molecule has 1 atom stereocenters. The van der Waals surface area contributed by atoms with Gasteiger partial charge in [0.25, 0.3) is 0 Å². The number of ketones is 1. The molecule has 0 fully saturated rings. The molecule has 0 saturated carbocycles. The van der Waals surface area contributed by atoms with Crippen LogP contribution >= 0.6 is 0 Å². The van der Waals surface area contributed by atoms with Gasteiger partial charge in [0, 0.05) is 28.1 Å². The lowest BCUT2D eigenvalue weighted by Gasteiger charge is -2.24. The van der Waals surface area contributed by atoms with Crippen LogP contribution in [0.4, 0.5) is 5.69 Å². The monoisotopic (exact) mass is 392 g/mol. The summed E-state index contributed by atoms with van der Waals surface area (Å²) in [6.45, 7) is 5.83. The molecular weight excluding hydrogens is 364 g/mol. The Morgan fingerprint density at radius 1 is 1.00 bits per heavy atom. The van der Waals surface area contributed by atoms with Gasteiger partial charge in [-0.05, 0) is 57.9 Å². The first-order valence-corrected chi connectivity index (χ1v) is 9.84. The Kier molecular flexibility index (Phi) is 6.06. The van der Waals surface area contributed by atoms with Gasteiger partial charge in [0.2, 0.25) is 5.91 Å². The van der Waals surface area contributed by atoms with Gasteiger partial charge < -0.3 is 15.4 Å². The molecule has 0 radical (unpaired) electrons. The lowest BCUT2D eigenvalue weighted by molar-refractivity contribution is -0.125. The molecule has 2 aromatic carbocycles. The quantitative estimate of drug-likeness (QED) is 0.707. The van der Waals surface area contributed by atoms with Gasteiger partial charge in [0.1, 0.15) is 5.75 Å². The topological polar surface area (TPSA) is 67.4 Å². The minimum atomic E-state index is -0.470. The number of carbonyl (C=O) groups is 2. The van der Waals surface area contributed by atoms with Crippen LogP contribution in [0.1, 0.15) is 44.0 Å². The highest BCUT2D eigenvalue weighted by molar-refractivity contribution is 6.13. The molecule has 1 unspecified atom stereocenters. The summed E-state index contributed by atoms with van der Waals surface area (Å²) >= 11 is 0. The third-order valence-corrected chi connectivity index (χ3v) is 4.84. The molecule has 3 rings (SSSR count). The van der Waals surface area contributed by atoms with Gasteiger partial charge >= 0.3 is 0 Å². The maximum absolute atomic E-state index is 13.3. The van der Waals surface area contributed by atoms with Crippen LogP contribution in [-0.4, -0.2) is 24.3 Å². The standard InChI is InChI=1S/C24H28N2O3/c1-24(2,3)26-23(28)19-14-15-20(25-17-10-12-18(29-4)13-11-17)21(19)22(27)16-8-6-5-7-9-16/h5-13,19,25H,14-15H2,1-4H3,(H,26,28). The summed E-state index contributed by atoms with van der Waals surface area (Å²) in [6, 6.07) is 16.7. The number of allylic oxidation sites excluding steroid dienone is 1. The highest BCUT2D eigenvalue weighted by Crippen LogP contribution is 2.35. The molecule has 1 aliphatic carbocycles. The first-order chi connectivity index (χ1) is 13.8. The van der Waals surface area contributed by atoms with Crippen LogP contribution in [-0.2, 0) is 4.79 Å². The number of hydrogen-bond donors (Lipinski definition) is 2. The summed E-state index contributed by atoms with van der Waals surface area (Å²) in [6.07, 6.45) is 1.25.